The summed E-state index contributed by atoms with van der Waals surface area (Å²) in [6.45, 7) is 1.53. The second kappa shape index (κ2) is 6.13. The lowest BCUT2D eigenvalue weighted by molar-refractivity contribution is 0.0435. The largest absolute Gasteiger partial charge is 0.507 e. The number of benzene rings is 1. The van der Waals surface area contributed by atoms with Gasteiger partial charge in [-0.05, 0) is 30.7 Å². The number of ether oxygens (including phenoxy) is 2. The van der Waals surface area contributed by atoms with Crippen LogP contribution >= 0.6 is 0 Å². The number of hydrogen-bond donors (Lipinski definition) is 1. The molecule has 6 heteroatoms. The molecule has 1 N–H and O–H groups in total. The predicted octanol–water partition coefficient (Wildman–Crippen LogP) is 2.44. The van der Waals surface area contributed by atoms with Gasteiger partial charge in [0.25, 0.3) is 0 Å². The summed E-state index contributed by atoms with van der Waals surface area (Å²) in [5.41, 5.74) is 0.658. The molecule has 110 valence electrons. The van der Waals surface area contributed by atoms with E-state index in [-0.39, 0.29) is 23.7 Å². The number of methoxy groups -OCH3 is 1. The minimum absolute atomic E-state index is 0.0296. The van der Waals surface area contributed by atoms with Crippen molar-refractivity contribution in [3.63, 3.8) is 0 Å². The Balaban J connectivity index is 2.03. The minimum atomic E-state index is -0.674. The number of para-hydroxylation sites is 1. The highest BCUT2D eigenvalue weighted by Gasteiger charge is 2.16. The van der Waals surface area contributed by atoms with Crippen LogP contribution in [0.25, 0.3) is 0 Å². The highest BCUT2D eigenvalue weighted by Crippen LogP contribution is 2.22. The second-order valence-corrected chi connectivity index (χ2v) is 4.30. The number of furan rings is 1. The molecule has 6 nitrogen and oxygen atoms in total. The van der Waals surface area contributed by atoms with Crippen LogP contribution in [0.15, 0.2) is 34.7 Å². The van der Waals surface area contributed by atoms with E-state index >= 15 is 0 Å². The molecule has 0 aliphatic carbocycles. The van der Waals surface area contributed by atoms with Crippen molar-refractivity contribution in [3.05, 3.63) is 53.0 Å². The van der Waals surface area contributed by atoms with Crippen LogP contribution in [0.3, 0.4) is 0 Å². The van der Waals surface area contributed by atoms with Crippen LogP contribution in [0, 0.1) is 6.92 Å². The molecule has 0 spiro atoms. The van der Waals surface area contributed by atoms with E-state index in [1.807, 2.05) is 0 Å². The third kappa shape index (κ3) is 3.22. The van der Waals surface area contributed by atoms with Gasteiger partial charge in [0.05, 0.1) is 7.11 Å². The maximum Gasteiger partial charge on any atom is 0.373 e. The number of carbonyl (C=O) groups is 2. The van der Waals surface area contributed by atoms with Crippen molar-refractivity contribution < 1.29 is 28.6 Å². The van der Waals surface area contributed by atoms with Crippen molar-refractivity contribution in [2.75, 3.05) is 7.11 Å². The molecule has 0 unspecified atom stereocenters. The number of rotatable bonds is 4. The number of esters is 2. The summed E-state index contributed by atoms with van der Waals surface area (Å²) in [7, 11) is 1.24. The van der Waals surface area contributed by atoms with Crippen molar-refractivity contribution in [3.8, 4) is 5.75 Å². The molecule has 0 aliphatic heterocycles. The molecular weight excluding hydrogens is 276 g/mol. The Hall–Kier alpha value is -2.76. The number of hydrogen-bond acceptors (Lipinski definition) is 6. The van der Waals surface area contributed by atoms with Crippen molar-refractivity contribution >= 4 is 11.9 Å². The molecule has 0 bridgehead atoms. The maximum atomic E-state index is 11.9. The maximum absolute atomic E-state index is 11.9. The van der Waals surface area contributed by atoms with Crippen LogP contribution in [0.5, 0.6) is 5.75 Å². The van der Waals surface area contributed by atoms with E-state index in [0.29, 0.717) is 11.3 Å². The quantitative estimate of drug-likeness (QED) is 0.870. The molecule has 2 rings (SSSR count). The molecule has 21 heavy (non-hydrogen) atoms. The van der Waals surface area contributed by atoms with E-state index in [0.717, 1.165) is 0 Å². The lowest BCUT2D eigenvalue weighted by atomic mass is 10.1. The predicted molar refractivity (Wildman–Crippen MR) is 72.0 cm³/mol. The van der Waals surface area contributed by atoms with Crippen molar-refractivity contribution in [1.29, 1.82) is 0 Å². The van der Waals surface area contributed by atoms with Gasteiger partial charge in [0.15, 0.2) is 0 Å². The fourth-order valence-corrected chi connectivity index (χ4v) is 1.70. The topological polar surface area (TPSA) is 86.0 Å². The van der Waals surface area contributed by atoms with E-state index in [1.54, 1.807) is 19.1 Å². The highest BCUT2D eigenvalue weighted by atomic mass is 16.6. The Kier molecular flexibility index (Phi) is 4.27. The van der Waals surface area contributed by atoms with E-state index in [4.69, 9.17) is 9.15 Å². The summed E-state index contributed by atoms with van der Waals surface area (Å²) in [5.74, 6) is -1.06. The van der Waals surface area contributed by atoms with Crippen LogP contribution in [0.1, 0.15) is 32.2 Å². The van der Waals surface area contributed by atoms with Gasteiger partial charge < -0.3 is 19.0 Å². The molecule has 0 aliphatic rings. The SMILES string of the molecule is COC(=O)c1ccc(COC(=O)c2cccc(C)c2O)o1. The number of phenols is 1. The number of carbonyl (C=O) groups excluding carboxylic acids is 2. The zero-order valence-corrected chi connectivity index (χ0v) is 11.6. The third-order valence-electron chi connectivity index (χ3n) is 2.85. The monoisotopic (exact) mass is 290 g/mol. The average molecular weight is 290 g/mol. The number of phenolic OH excluding ortho intramolecular Hbond substituents is 1. The number of aryl methyl sites for hydroxylation is 1. The summed E-state index contributed by atoms with van der Waals surface area (Å²) in [6, 6.07) is 7.73. The zero-order valence-electron chi connectivity index (χ0n) is 11.6. The smallest absolute Gasteiger partial charge is 0.373 e. The number of aromatic hydroxyl groups is 1. The summed E-state index contributed by atoms with van der Waals surface area (Å²) >= 11 is 0. The summed E-state index contributed by atoms with van der Waals surface area (Å²) in [5, 5.41) is 9.79. The molecule has 1 aromatic heterocycles. The average Bonchev–Trinajstić information content (AvgIpc) is 2.95. The van der Waals surface area contributed by atoms with Gasteiger partial charge >= 0.3 is 11.9 Å². The fourth-order valence-electron chi connectivity index (χ4n) is 1.70. The Bertz CT molecular complexity index is 671. The first-order chi connectivity index (χ1) is 10.0. The lowest BCUT2D eigenvalue weighted by Gasteiger charge is -2.06. The van der Waals surface area contributed by atoms with Crippen molar-refractivity contribution in [2.24, 2.45) is 0 Å². The van der Waals surface area contributed by atoms with Crippen LogP contribution < -0.4 is 0 Å². The van der Waals surface area contributed by atoms with Gasteiger partial charge in [-0.3, -0.25) is 0 Å². The van der Waals surface area contributed by atoms with Gasteiger partial charge in [0, 0.05) is 0 Å². The summed E-state index contributed by atoms with van der Waals surface area (Å²) in [4.78, 5) is 23.1. The first-order valence-electron chi connectivity index (χ1n) is 6.15. The molecule has 0 amide bonds. The van der Waals surface area contributed by atoms with Crippen LogP contribution in [-0.4, -0.2) is 24.2 Å². The second-order valence-electron chi connectivity index (χ2n) is 4.30. The van der Waals surface area contributed by atoms with Gasteiger partial charge in [-0.15, -0.1) is 0 Å². The lowest BCUT2D eigenvalue weighted by Crippen LogP contribution is -2.05. The van der Waals surface area contributed by atoms with Gasteiger partial charge in [0.1, 0.15) is 23.7 Å². The third-order valence-corrected chi connectivity index (χ3v) is 2.85. The van der Waals surface area contributed by atoms with Gasteiger partial charge in [0.2, 0.25) is 5.76 Å². The zero-order chi connectivity index (χ0) is 15.4. The van der Waals surface area contributed by atoms with Crippen LogP contribution in [-0.2, 0) is 16.1 Å². The van der Waals surface area contributed by atoms with Crippen molar-refractivity contribution in [1.82, 2.24) is 0 Å². The molecule has 1 heterocycles. The van der Waals surface area contributed by atoms with Gasteiger partial charge in [-0.2, -0.15) is 0 Å². The van der Waals surface area contributed by atoms with E-state index in [1.165, 1.54) is 25.3 Å². The Morgan fingerprint density at radius 3 is 2.67 bits per heavy atom. The highest BCUT2D eigenvalue weighted by molar-refractivity contribution is 5.92. The first-order valence-corrected chi connectivity index (χ1v) is 6.15. The van der Waals surface area contributed by atoms with E-state index < -0.39 is 11.9 Å². The van der Waals surface area contributed by atoms with Crippen molar-refractivity contribution in [2.45, 2.75) is 13.5 Å². The van der Waals surface area contributed by atoms with Crippen LogP contribution in [0.4, 0.5) is 0 Å². The molecule has 0 fully saturated rings. The van der Waals surface area contributed by atoms with Gasteiger partial charge in [-0.25, -0.2) is 9.59 Å². The molecule has 0 saturated carbocycles. The first kappa shape index (κ1) is 14.6. The standard InChI is InChI=1S/C15H14O6/c1-9-4-3-5-11(13(9)16)14(17)20-8-10-6-7-12(21-10)15(18)19-2/h3-7,16H,8H2,1-2H3. The molecule has 1 aromatic carbocycles. The Morgan fingerprint density at radius 2 is 1.95 bits per heavy atom. The minimum Gasteiger partial charge on any atom is -0.507 e. The van der Waals surface area contributed by atoms with Gasteiger partial charge in [-0.1, -0.05) is 12.1 Å². The summed E-state index contributed by atoms with van der Waals surface area (Å²) in [6.07, 6.45) is 0. The van der Waals surface area contributed by atoms with E-state index in [9.17, 15) is 14.7 Å². The molecule has 0 radical (unpaired) electrons. The Morgan fingerprint density at radius 1 is 1.19 bits per heavy atom. The molecule has 0 saturated heterocycles. The molecule has 0 atom stereocenters. The van der Waals surface area contributed by atoms with E-state index in [2.05, 4.69) is 4.74 Å². The van der Waals surface area contributed by atoms with Crippen LogP contribution in [0.2, 0.25) is 0 Å². The fraction of sp³-hybridized carbons (Fsp3) is 0.200. The Labute approximate surface area is 120 Å². The summed E-state index contributed by atoms with van der Waals surface area (Å²) < 4.78 is 14.7. The molecule has 2 aromatic rings. The molecular formula is C15H14O6. The normalized spacial score (nSPS) is 10.2.